The van der Waals surface area contributed by atoms with Crippen LogP contribution in [-0.4, -0.2) is 72.1 Å². The molecular formula is C35H44ClN7O7S. The number of urea groups is 1. The Labute approximate surface area is 305 Å². The smallest absolute Gasteiger partial charge is 0.312 e. The molecule has 2 aromatic rings. The molecule has 2 atom stereocenters. The molecule has 2 aliphatic rings. The Morgan fingerprint density at radius 1 is 0.882 bits per heavy atom. The summed E-state index contributed by atoms with van der Waals surface area (Å²) in [4.78, 5) is 89.8. The summed E-state index contributed by atoms with van der Waals surface area (Å²) >= 11 is 7.29. The van der Waals surface area contributed by atoms with Crippen LogP contribution in [0.1, 0.15) is 75.0 Å². The lowest BCUT2D eigenvalue weighted by molar-refractivity contribution is -0.151. The molecule has 16 heteroatoms. The number of unbranched alkanes of at least 4 members (excludes halogenated alkanes) is 2. The highest BCUT2D eigenvalue weighted by Crippen LogP contribution is 2.42. The maximum Gasteiger partial charge on any atom is 0.312 e. The zero-order chi connectivity index (χ0) is 36.8. The highest BCUT2D eigenvalue weighted by molar-refractivity contribution is 7.08. The first kappa shape index (κ1) is 39.0. The van der Waals surface area contributed by atoms with E-state index in [1.54, 1.807) is 24.3 Å². The fraction of sp³-hybridized carbons (Fsp3) is 0.457. The Kier molecular flexibility index (Phi) is 14.6. The van der Waals surface area contributed by atoms with E-state index < -0.39 is 41.3 Å². The highest BCUT2D eigenvalue weighted by atomic mass is 35.5. The van der Waals surface area contributed by atoms with Gasteiger partial charge >= 0.3 is 6.03 Å². The number of anilines is 1. The number of imide groups is 1. The SMILES string of the molecule is NC(=O)NCCC[C@H](NC(=O)C1(C(=O)NC(CC(=O)NCCCCCN2C(=O)C=CC2=O)c2ccsc2)CCC1)C(=O)Nc1ccc(CCl)cc1. The summed E-state index contributed by atoms with van der Waals surface area (Å²) in [5.74, 6) is -2.21. The van der Waals surface area contributed by atoms with Crippen LogP contribution in [-0.2, 0) is 34.6 Å². The fourth-order valence-electron chi connectivity index (χ4n) is 5.81. The molecule has 1 unspecified atom stereocenters. The number of thiophene rings is 1. The van der Waals surface area contributed by atoms with E-state index in [2.05, 4.69) is 26.6 Å². The van der Waals surface area contributed by atoms with Gasteiger partial charge in [0.1, 0.15) is 11.5 Å². The molecule has 51 heavy (non-hydrogen) atoms. The van der Waals surface area contributed by atoms with Crippen LogP contribution in [0.3, 0.4) is 0 Å². The molecule has 274 valence electrons. The molecular weight excluding hydrogens is 698 g/mol. The lowest BCUT2D eigenvalue weighted by Crippen LogP contribution is -2.59. The van der Waals surface area contributed by atoms with Gasteiger partial charge in [-0.1, -0.05) is 18.6 Å². The zero-order valence-electron chi connectivity index (χ0n) is 28.2. The molecule has 1 aliphatic carbocycles. The first-order valence-electron chi connectivity index (χ1n) is 17.0. The first-order valence-corrected chi connectivity index (χ1v) is 18.4. The van der Waals surface area contributed by atoms with Crippen molar-refractivity contribution in [2.45, 2.75) is 75.8 Å². The quantitative estimate of drug-likeness (QED) is 0.0517. The van der Waals surface area contributed by atoms with Crippen LogP contribution in [0.25, 0.3) is 0 Å². The number of nitrogens with two attached hydrogens (primary N) is 1. The molecule has 2 heterocycles. The number of nitrogens with one attached hydrogen (secondary N) is 5. The van der Waals surface area contributed by atoms with E-state index in [1.807, 2.05) is 16.8 Å². The van der Waals surface area contributed by atoms with Crippen LogP contribution in [0.2, 0.25) is 0 Å². The molecule has 0 bridgehead atoms. The summed E-state index contributed by atoms with van der Waals surface area (Å²) in [7, 11) is 0. The van der Waals surface area contributed by atoms with Crippen LogP contribution in [0, 0.1) is 5.41 Å². The Morgan fingerprint density at radius 3 is 2.18 bits per heavy atom. The van der Waals surface area contributed by atoms with Gasteiger partial charge in [-0.3, -0.25) is 33.7 Å². The average molecular weight is 742 g/mol. The Bertz CT molecular complexity index is 1580. The number of amides is 8. The number of hydrogen-bond acceptors (Lipinski definition) is 8. The van der Waals surface area contributed by atoms with Crippen LogP contribution in [0.4, 0.5) is 10.5 Å². The Morgan fingerprint density at radius 2 is 1.57 bits per heavy atom. The molecule has 0 saturated heterocycles. The second-order valence-electron chi connectivity index (χ2n) is 12.6. The van der Waals surface area contributed by atoms with E-state index in [0.29, 0.717) is 56.8 Å². The number of hydrogen-bond donors (Lipinski definition) is 6. The minimum Gasteiger partial charge on any atom is -0.356 e. The minimum absolute atomic E-state index is 0.0526. The molecule has 1 aromatic carbocycles. The standard InChI is InChI=1S/C35H44ClN7O7S/c36-21-23-7-9-25(10-8-23)40-31(47)26(6-4-17-39-34(37)50)41-32(48)35(14-5-15-35)33(49)42-27(24-13-19-51-22-24)20-28(44)38-16-2-1-3-18-43-29(45)11-12-30(43)46/h7-13,19,22,26-27H,1-6,14-18,20-21H2,(H,38,44)(H,40,47)(H,41,48)(H,42,49)(H3,37,39,50)/t26-,27?/m0/s1. The van der Waals surface area contributed by atoms with Gasteiger partial charge in [-0.05, 0) is 85.0 Å². The third-order valence-corrected chi connectivity index (χ3v) is 9.97. The summed E-state index contributed by atoms with van der Waals surface area (Å²) in [6.07, 6.45) is 6.07. The average Bonchev–Trinajstić information content (AvgIpc) is 3.73. The van der Waals surface area contributed by atoms with Crippen LogP contribution >= 0.6 is 22.9 Å². The van der Waals surface area contributed by atoms with Gasteiger partial charge in [0, 0.05) is 43.4 Å². The number of carbonyl (C=O) groups is 7. The van der Waals surface area contributed by atoms with Crippen molar-refractivity contribution in [2.75, 3.05) is 25.0 Å². The summed E-state index contributed by atoms with van der Waals surface area (Å²) < 4.78 is 0. The van der Waals surface area contributed by atoms with E-state index in [-0.39, 0.29) is 49.9 Å². The first-order chi connectivity index (χ1) is 24.5. The Hall–Kier alpha value is -4.76. The van der Waals surface area contributed by atoms with Crippen LogP contribution < -0.4 is 32.3 Å². The predicted molar refractivity (Wildman–Crippen MR) is 192 cm³/mol. The number of benzene rings is 1. The van der Waals surface area contributed by atoms with Gasteiger partial charge in [0.2, 0.25) is 23.6 Å². The molecule has 8 amide bonds. The van der Waals surface area contributed by atoms with Gasteiger partial charge in [-0.25, -0.2) is 4.79 Å². The molecule has 0 spiro atoms. The molecule has 0 radical (unpaired) electrons. The van der Waals surface area contributed by atoms with Gasteiger partial charge in [0.25, 0.3) is 11.8 Å². The maximum absolute atomic E-state index is 13.9. The van der Waals surface area contributed by atoms with Gasteiger partial charge in [-0.15, -0.1) is 11.6 Å². The second kappa shape index (κ2) is 19.0. The van der Waals surface area contributed by atoms with E-state index >= 15 is 0 Å². The molecule has 1 aromatic heterocycles. The van der Waals surface area contributed by atoms with Crippen LogP contribution in [0.15, 0.2) is 53.2 Å². The molecule has 14 nitrogen and oxygen atoms in total. The van der Waals surface area contributed by atoms with Gasteiger partial charge in [0.05, 0.1) is 12.5 Å². The van der Waals surface area contributed by atoms with Crippen LogP contribution in [0.5, 0.6) is 0 Å². The largest absolute Gasteiger partial charge is 0.356 e. The van der Waals surface area contributed by atoms with Crippen molar-refractivity contribution >= 4 is 70.1 Å². The molecule has 1 saturated carbocycles. The molecule has 1 fully saturated rings. The lowest BCUT2D eigenvalue weighted by atomic mass is 9.67. The number of primary amides is 1. The fourth-order valence-corrected chi connectivity index (χ4v) is 6.70. The topological polar surface area (TPSA) is 209 Å². The van der Waals surface area contributed by atoms with Gasteiger partial charge < -0.3 is 32.3 Å². The maximum atomic E-state index is 13.9. The lowest BCUT2D eigenvalue weighted by Gasteiger charge is -2.40. The highest BCUT2D eigenvalue weighted by Gasteiger charge is 2.52. The summed E-state index contributed by atoms with van der Waals surface area (Å²) in [5.41, 5.74) is 5.84. The van der Waals surface area contributed by atoms with E-state index in [4.69, 9.17) is 17.3 Å². The Balaban J connectivity index is 1.34. The molecule has 4 rings (SSSR count). The van der Waals surface area contributed by atoms with E-state index in [0.717, 1.165) is 11.1 Å². The number of alkyl halides is 1. The van der Waals surface area contributed by atoms with Gasteiger partial charge in [-0.2, -0.15) is 11.3 Å². The monoisotopic (exact) mass is 741 g/mol. The van der Waals surface area contributed by atoms with Crippen molar-refractivity contribution in [2.24, 2.45) is 11.1 Å². The van der Waals surface area contributed by atoms with Crippen molar-refractivity contribution in [3.8, 4) is 0 Å². The number of rotatable bonds is 20. The third kappa shape index (κ3) is 11.1. The van der Waals surface area contributed by atoms with Gasteiger partial charge in [0.15, 0.2) is 0 Å². The number of carbonyl (C=O) groups excluding carboxylic acids is 7. The minimum atomic E-state index is -1.43. The predicted octanol–water partition coefficient (Wildman–Crippen LogP) is 2.99. The zero-order valence-corrected chi connectivity index (χ0v) is 29.8. The van der Waals surface area contributed by atoms with E-state index in [9.17, 15) is 33.6 Å². The number of nitrogens with zero attached hydrogens (tertiary/aromatic N) is 1. The van der Waals surface area contributed by atoms with Crippen molar-refractivity contribution in [3.05, 3.63) is 64.4 Å². The van der Waals surface area contributed by atoms with Crippen molar-refractivity contribution in [1.82, 2.24) is 26.2 Å². The number of halogens is 1. The van der Waals surface area contributed by atoms with E-state index in [1.165, 1.54) is 28.4 Å². The van der Waals surface area contributed by atoms with Crippen molar-refractivity contribution in [3.63, 3.8) is 0 Å². The second-order valence-corrected chi connectivity index (χ2v) is 13.6. The summed E-state index contributed by atoms with van der Waals surface area (Å²) in [5, 5.41) is 17.5. The molecule has 1 aliphatic heterocycles. The third-order valence-electron chi connectivity index (χ3n) is 8.96. The summed E-state index contributed by atoms with van der Waals surface area (Å²) in [6.45, 7) is 0.888. The summed E-state index contributed by atoms with van der Waals surface area (Å²) in [6, 6.07) is 6.34. The van der Waals surface area contributed by atoms with Crippen molar-refractivity contribution < 1.29 is 33.6 Å². The molecule has 7 N–H and O–H groups in total. The van der Waals surface area contributed by atoms with Crippen molar-refractivity contribution in [1.29, 1.82) is 0 Å². The normalized spacial score (nSPS) is 15.7.